The second-order valence-corrected chi connectivity index (χ2v) is 7.14. The second-order valence-electron chi connectivity index (χ2n) is 5.13. The van der Waals surface area contributed by atoms with E-state index < -0.39 is 9.84 Å². The molecule has 2 aromatic rings. The lowest BCUT2D eigenvalue weighted by atomic mass is 10.2. The van der Waals surface area contributed by atoms with Gasteiger partial charge in [-0.15, -0.1) is 0 Å². The van der Waals surface area contributed by atoms with Crippen molar-refractivity contribution in [3.8, 4) is 5.75 Å². The van der Waals surface area contributed by atoms with E-state index in [4.69, 9.17) is 4.74 Å². The quantitative estimate of drug-likeness (QED) is 0.617. The number of carbonyl (C=O) groups is 1. The number of carbonyl (C=O) groups excluding carboxylic acids is 1. The molecule has 0 aliphatic heterocycles. The number of amides is 1. The number of ether oxygens (including phenoxy) is 1. The van der Waals surface area contributed by atoms with Crippen LogP contribution in [0.25, 0.3) is 6.08 Å². The Morgan fingerprint density at radius 2 is 1.75 bits per heavy atom. The Morgan fingerprint density at radius 3 is 2.38 bits per heavy atom. The summed E-state index contributed by atoms with van der Waals surface area (Å²) in [6, 6.07) is 15.7. The zero-order valence-corrected chi connectivity index (χ0v) is 14.1. The highest BCUT2D eigenvalue weighted by Crippen LogP contribution is 2.15. The summed E-state index contributed by atoms with van der Waals surface area (Å²) in [7, 11) is -3.21. The molecule has 0 atom stereocenters. The van der Waals surface area contributed by atoms with Crippen LogP contribution >= 0.6 is 0 Å². The van der Waals surface area contributed by atoms with E-state index in [0.29, 0.717) is 18.9 Å². The van der Waals surface area contributed by atoms with Crippen LogP contribution in [0, 0.1) is 0 Å². The minimum absolute atomic E-state index is 0.199. The van der Waals surface area contributed by atoms with Gasteiger partial charge in [0.2, 0.25) is 5.91 Å². The molecule has 5 nitrogen and oxygen atoms in total. The number of hydrogen-bond acceptors (Lipinski definition) is 4. The fourth-order valence-corrected chi connectivity index (χ4v) is 2.55. The van der Waals surface area contributed by atoms with E-state index in [2.05, 4.69) is 5.32 Å². The van der Waals surface area contributed by atoms with Gasteiger partial charge in [-0.1, -0.05) is 30.3 Å². The topological polar surface area (TPSA) is 72.5 Å². The van der Waals surface area contributed by atoms with Crippen molar-refractivity contribution in [2.75, 3.05) is 19.4 Å². The van der Waals surface area contributed by atoms with Gasteiger partial charge >= 0.3 is 0 Å². The van der Waals surface area contributed by atoms with Crippen LogP contribution in [0.1, 0.15) is 5.56 Å². The molecular formula is C18H19NO4S. The zero-order valence-electron chi connectivity index (χ0n) is 13.3. The van der Waals surface area contributed by atoms with Crippen LogP contribution in [0.2, 0.25) is 0 Å². The first-order valence-corrected chi connectivity index (χ1v) is 9.28. The smallest absolute Gasteiger partial charge is 0.244 e. The Balaban J connectivity index is 1.73. The average Bonchev–Trinajstić information content (AvgIpc) is 2.57. The van der Waals surface area contributed by atoms with Gasteiger partial charge in [-0.05, 0) is 35.9 Å². The maximum absolute atomic E-state index is 11.7. The Labute approximate surface area is 141 Å². The third-order valence-corrected chi connectivity index (χ3v) is 4.28. The van der Waals surface area contributed by atoms with E-state index in [1.54, 1.807) is 18.2 Å². The molecule has 0 aliphatic rings. The Bertz CT molecular complexity index is 797. The van der Waals surface area contributed by atoms with Crippen molar-refractivity contribution < 1.29 is 17.9 Å². The number of rotatable bonds is 7. The first-order valence-electron chi connectivity index (χ1n) is 7.39. The minimum atomic E-state index is -3.21. The highest BCUT2D eigenvalue weighted by molar-refractivity contribution is 7.90. The van der Waals surface area contributed by atoms with Crippen LogP contribution in [0.4, 0.5) is 0 Å². The summed E-state index contributed by atoms with van der Waals surface area (Å²) in [5.74, 6) is 0.353. The predicted octanol–water partition coefficient (Wildman–Crippen LogP) is 2.30. The third-order valence-electron chi connectivity index (χ3n) is 3.15. The summed E-state index contributed by atoms with van der Waals surface area (Å²) >= 11 is 0. The van der Waals surface area contributed by atoms with Crippen molar-refractivity contribution >= 4 is 21.8 Å². The van der Waals surface area contributed by atoms with E-state index in [1.807, 2.05) is 30.3 Å². The van der Waals surface area contributed by atoms with Crippen molar-refractivity contribution in [2.45, 2.75) is 4.90 Å². The summed E-state index contributed by atoms with van der Waals surface area (Å²) in [5.41, 5.74) is 0.954. The molecular weight excluding hydrogens is 326 g/mol. The maximum atomic E-state index is 11.7. The van der Waals surface area contributed by atoms with Gasteiger partial charge in [0, 0.05) is 12.3 Å². The highest BCUT2D eigenvalue weighted by Gasteiger charge is 2.06. The maximum Gasteiger partial charge on any atom is 0.244 e. The number of nitrogens with one attached hydrogen (secondary N) is 1. The van der Waals surface area contributed by atoms with Crippen LogP contribution in [0.3, 0.4) is 0 Å². The second kappa shape index (κ2) is 8.31. The molecule has 0 spiro atoms. The monoisotopic (exact) mass is 345 g/mol. The van der Waals surface area contributed by atoms with E-state index >= 15 is 0 Å². The molecule has 0 aliphatic carbocycles. The van der Waals surface area contributed by atoms with Gasteiger partial charge in [-0.25, -0.2) is 8.42 Å². The normalized spacial score (nSPS) is 11.4. The van der Waals surface area contributed by atoms with Crippen LogP contribution in [0.15, 0.2) is 65.6 Å². The van der Waals surface area contributed by atoms with Gasteiger partial charge < -0.3 is 10.1 Å². The first-order chi connectivity index (χ1) is 11.4. The number of benzene rings is 2. The first kappa shape index (κ1) is 17.7. The fourth-order valence-electron chi connectivity index (χ4n) is 1.92. The molecule has 0 aromatic heterocycles. The molecule has 0 saturated carbocycles. The molecule has 0 bridgehead atoms. The van der Waals surface area contributed by atoms with Crippen molar-refractivity contribution in [1.82, 2.24) is 5.32 Å². The summed E-state index contributed by atoms with van der Waals surface area (Å²) in [5, 5.41) is 2.71. The predicted molar refractivity (Wildman–Crippen MR) is 93.5 cm³/mol. The summed E-state index contributed by atoms with van der Waals surface area (Å²) in [6.07, 6.45) is 4.36. The van der Waals surface area contributed by atoms with Crippen LogP contribution < -0.4 is 10.1 Å². The Kier molecular flexibility index (Phi) is 6.14. The number of hydrogen-bond donors (Lipinski definition) is 1. The Hall–Kier alpha value is -2.60. The largest absolute Gasteiger partial charge is 0.492 e. The summed E-state index contributed by atoms with van der Waals surface area (Å²) in [4.78, 5) is 11.9. The van der Waals surface area contributed by atoms with Crippen LogP contribution in [-0.4, -0.2) is 33.7 Å². The number of sulfone groups is 1. The van der Waals surface area contributed by atoms with Gasteiger partial charge in [-0.2, -0.15) is 0 Å². The molecule has 2 rings (SSSR count). The molecule has 0 unspecified atom stereocenters. The molecule has 2 aromatic carbocycles. The van der Waals surface area contributed by atoms with Crippen molar-refractivity contribution in [3.05, 3.63) is 66.2 Å². The molecule has 24 heavy (non-hydrogen) atoms. The van der Waals surface area contributed by atoms with Crippen LogP contribution in [-0.2, 0) is 14.6 Å². The fraction of sp³-hybridized carbons (Fsp3) is 0.167. The van der Waals surface area contributed by atoms with E-state index in [9.17, 15) is 13.2 Å². The average molecular weight is 345 g/mol. The van der Waals surface area contributed by atoms with Crippen molar-refractivity contribution in [1.29, 1.82) is 0 Å². The highest BCUT2D eigenvalue weighted by atomic mass is 32.2. The lowest BCUT2D eigenvalue weighted by molar-refractivity contribution is -0.116. The lowest BCUT2D eigenvalue weighted by Gasteiger charge is -2.07. The molecule has 0 saturated heterocycles. The summed E-state index contributed by atoms with van der Waals surface area (Å²) < 4.78 is 28.2. The molecule has 1 amide bonds. The van der Waals surface area contributed by atoms with Gasteiger partial charge in [0.1, 0.15) is 12.4 Å². The standard InChI is InChI=1S/C18H19NO4S/c1-24(21,22)17-10-8-16(9-11-17)23-14-13-19-18(20)12-7-15-5-3-2-4-6-15/h2-12H,13-14H2,1H3,(H,19,20)/b12-7-. The van der Waals surface area contributed by atoms with E-state index in [-0.39, 0.29) is 10.8 Å². The molecule has 1 N–H and O–H groups in total. The molecule has 0 radical (unpaired) electrons. The molecule has 0 fully saturated rings. The van der Waals surface area contributed by atoms with Gasteiger partial charge in [0.15, 0.2) is 9.84 Å². The SMILES string of the molecule is CS(=O)(=O)c1ccc(OCCNC(=O)/C=C\c2ccccc2)cc1. The van der Waals surface area contributed by atoms with Gasteiger partial charge in [0.25, 0.3) is 0 Å². The van der Waals surface area contributed by atoms with Crippen LogP contribution in [0.5, 0.6) is 5.75 Å². The van der Waals surface area contributed by atoms with E-state index in [0.717, 1.165) is 11.8 Å². The molecule has 126 valence electrons. The summed E-state index contributed by atoms with van der Waals surface area (Å²) in [6.45, 7) is 0.648. The van der Waals surface area contributed by atoms with Crippen molar-refractivity contribution in [2.24, 2.45) is 0 Å². The molecule has 0 heterocycles. The minimum Gasteiger partial charge on any atom is -0.492 e. The Morgan fingerprint density at radius 1 is 1.08 bits per heavy atom. The van der Waals surface area contributed by atoms with E-state index in [1.165, 1.54) is 18.2 Å². The van der Waals surface area contributed by atoms with Gasteiger partial charge in [-0.3, -0.25) is 4.79 Å². The van der Waals surface area contributed by atoms with Crippen molar-refractivity contribution in [3.63, 3.8) is 0 Å². The zero-order chi connectivity index (χ0) is 17.4. The lowest BCUT2D eigenvalue weighted by Crippen LogP contribution is -2.26. The third kappa shape index (κ3) is 5.89. The molecule has 6 heteroatoms. The van der Waals surface area contributed by atoms with Gasteiger partial charge in [0.05, 0.1) is 11.4 Å².